The van der Waals surface area contributed by atoms with Gasteiger partial charge in [-0.3, -0.25) is 9.59 Å². The van der Waals surface area contributed by atoms with Crippen LogP contribution in [0.3, 0.4) is 0 Å². The van der Waals surface area contributed by atoms with Gasteiger partial charge in [0.05, 0.1) is 7.11 Å². The molecule has 74 valence electrons. The highest BCUT2D eigenvalue weighted by Gasteiger charge is 2.10. The largest absolute Gasteiger partial charge is 0.469 e. The maximum Gasteiger partial charge on any atom is 0.322 e. The molecular weight excluding hydrogens is 184 g/mol. The minimum atomic E-state index is -0.622. The van der Waals surface area contributed by atoms with E-state index in [1.165, 1.54) is 7.11 Å². The van der Waals surface area contributed by atoms with Gasteiger partial charge in [-0.05, 0) is 12.1 Å². The second kappa shape index (κ2) is 5.01. The van der Waals surface area contributed by atoms with Crippen LogP contribution in [-0.2, 0) is 14.3 Å². The van der Waals surface area contributed by atoms with Gasteiger partial charge in [-0.15, -0.1) is 0 Å². The summed E-state index contributed by atoms with van der Waals surface area (Å²) in [5.74, 6) is -0.810. The van der Waals surface area contributed by atoms with Crippen LogP contribution in [0, 0.1) is 0 Å². The number of rotatable bonds is 3. The summed E-state index contributed by atoms with van der Waals surface area (Å²) < 4.78 is 9.17. The van der Waals surface area contributed by atoms with E-state index in [4.69, 9.17) is 4.74 Å². The number of hydrogen-bond acceptors (Lipinski definition) is 4. The van der Waals surface area contributed by atoms with Crippen LogP contribution in [0.4, 0.5) is 0 Å². The van der Waals surface area contributed by atoms with E-state index in [-0.39, 0.29) is 6.42 Å². The van der Waals surface area contributed by atoms with Crippen molar-refractivity contribution in [1.29, 1.82) is 0 Å². The highest BCUT2D eigenvalue weighted by atomic mass is 16.5. The van der Waals surface area contributed by atoms with Gasteiger partial charge in [0.25, 0.3) is 0 Å². The average molecular weight is 194 g/mol. The Morgan fingerprint density at radius 3 is 2.36 bits per heavy atom. The first-order valence-electron chi connectivity index (χ1n) is 4.05. The second-order valence-corrected chi connectivity index (χ2v) is 2.54. The van der Waals surface area contributed by atoms with Crippen LogP contribution in [0.15, 0.2) is 30.3 Å². The van der Waals surface area contributed by atoms with Crippen molar-refractivity contribution in [3.05, 3.63) is 30.3 Å². The van der Waals surface area contributed by atoms with Crippen LogP contribution in [0.1, 0.15) is 6.42 Å². The molecule has 1 rings (SSSR count). The molecule has 0 saturated heterocycles. The molecule has 0 atom stereocenters. The van der Waals surface area contributed by atoms with E-state index in [2.05, 4.69) is 4.74 Å². The zero-order chi connectivity index (χ0) is 10.4. The average Bonchev–Trinajstić information content (AvgIpc) is 2.19. The van der Waals surface area contributed by atoms with E-state index in [9.17, 15) is 9.59 Å². The van der Waals surface area contributed by atoms with Crippen LogP contribution >= 0.6 is 0 Å². The van der Waals surface area contributed by atoms with Crippen LogP contribution < -0.4 is 4.74 Å². The predicted molar refractivity (Wildman–Crippen MR) is 48.7 cm³/mol. The molecule has 4 nitrogen and oxygen atoms in total. The first-order valence-corrected chi connectivity index (χ1v) is 4.05. The van der Waals surface area contributed by atoms with Crippen molar-refractivity contribution in [1.82, 2.24) is 0 Å². The lowest BCUT2D eigenvalue weighted by Gasteiger charge is -2.02. The van der Waals surface area contributed by atoms with Gasteiger partial charge in [0, 0.05) is 0 Å². The maximum atomic E-state index is 11.1. The highest BCUT2D eigenvalue weighted by Crippen LogP contribution is 2.09. The van der Waals surface area contributed by atoms with Gasteiger partial charge in [-0.25, -0.2) is 0 Å². The normalized spacial score (nSPS) is 9.21. The van der Waals surface area contributed by atoms with Gasteiger partial charge in [0.1, 0.15) is 12.2 Å². The monoisotopic (exact) mass is 194 g/mol. The SMILES string of the molecule is COC(=O)CC(=O)Oc1ccccc1. The van der Waals surface area contributed by atoms with E-state index in [1.54, 1.807) is 30.3 Å². The Morgan fingerprint density at radius 1 is 1.14 bits per heavy atom. The molecule has 0 radical (unpaired) electrons. The molecule has 0 amide bonds. The molecule has 0 aliphatic heterocycles. The van der Waals surface area contributed by atoms with E-state index in [1.807, 2.05) is 0 Å². The van der Waals surface area contributed by atoms with Gasteiger partial charge in [-0.2, -0.15) is 0 Å². The zero-order valence-corrected chi connectivity index (χ0v) is 7.73. The van der Waals surface area contributed by atoms with Crippen molar-refractivity contribution in [2.24, 2.45) is 0 Å². The fourth-order valence-corrected chi connectivity index (χ4v) is 0.846. The van der Waals surface area contributed by atoms with E-state index in [0.717, 1.165) is 0 Å². The van der Waals surface area contributed by atoms with E-state index in [0.29, 0.717) is 5.75 Å². The van der Waals surface area contributed by atoms with Crippen LogP contribution in [0.25, 0.3) is 0 Å². The minimum absolute atomic E-state index is 0.370. The molecule has 0 N–H and O–H groups in total. The van der Waals surface area contributed by atoms with Gasteiger partial charge < -0.3 is 9.47 Å². The summed E-state index contributed by atoms with van der Waals surface area (Å²) in [4.78, 5) is 21.7. The van der Waals surface area contributed by atoms with Crippen molar-refractivity contribution in [2.75, 3.05) is 7.11 Å². The Bertz CT molecular complexity index is 318. The third-order valence-corrected chi connectivity index (χ3v) is 1.49. The second-order valence-electron chi connectivity index (χ2n) is 2.54. The lowest BCUT2D eigenvalue weighted by Crippen LogP contribution is -2.14. The first kappa shape index (κ1) is 10.2. The van der Waals surface area contributed by atoms with Crippen molar-refractivity contribution in [2.45, 2.75) is 6.42 Å². The molecule has 0 saturated carbocycles. The lowest BCUT2D eigenvalue weighted by atomic mass is 10.3. The molecule has 1 aromatic rings. The summed E-state index contributed by atoms with van der Waals surface area (Å²) in [5.41, 5.74) is 0. The van der Waals surface area contributed by atoms with Crippen molar-refractivity contribution < 1.29 is 19.1 Å². The molecule has 0 unspecified atom stereocenters. The summed E-state index contributed by atoms with van der Waals surface area (Å²) in [5, 5.41) is 0. The van der Waals surface area contributed by atoms with Gasteiger partial charge in [0.15, 0.2) is 0 Å². The zero-order valence-electron chi connectivity index (χ0n) is 7.73. The third kappa shape index (κ3) is 3.26. The van der Waals surface area contributed by atoms with E-state index >= 15 is 0 Å². The molecule has 4 heteroatoms. The summed E-state index contributed by atoms with van der Waals surface area (Å²) in [6.07, 6.45) is -0.370. The van der Waals surface area contributed by atoms with Crippen molar-refractivity contribution >= 4 is 11.9 Å². The number of ether oxygens (including phenoxy) is 2. The molecule has 0 aromatic heterocycles. The molecule has 1 aromatic carbocycles. The number of methoxy groups -OCH3 is 1. The quantitative estimate of drug-likeness (QED) is 0.411. The van der Waals surface area contributed by atoms with Gasteiger partial charge >= 0.3 is 11.9 Å². The fraction of sp³-hybridized carbons (Fsp3) is 0.200. The minimum Gasteiger partial charge on any atom is -0.469 e. The molecule has 0 heterocycles. The standard InChI is InChI=1S/C10H10O4/c1-13-9(11)7-10(12)14-8-5-3-2-4-6-8/h2-6H,7H2,1H3. The Kier molecular flexibility index (Phi) is 3.67. The predicted octanol–water partition coefficient (Wildman–Crippen LogP) is 1.16. The Balaban J connectivity index is 2.46. The molecule has 0 aliphatic carbocycles. The Morgan fingerprint density at radius 2 is 1.79 bits per heavy atom. The summed E-state index contributed by atoms with van der Waals surface area (Å²) in [6.45, 7) is 0. The molecule has 14 heavy (non-hydrogen) atoms. The number of carbonyl (C=O) groups excluding carboxylic acids is 2. The number of hydrogen-bond donors (Lipinski definition) is 0. The number of benzene rings is 1. The number of esters is 2. The highest BCUT2D eigenvalue weighted by molar-refractivity contribution is 5.92. The van der Waals surface area contributed by atoms with Crippen molar-refractivity contribution in [3.63, 3.8) is 0 Å². The topological polar surface area (TPSA) is 52.6 Å². The molecule has 0 fully saturated rings. The molecule has 0 bridgehead atoms. The Labute approximate surface area is 81.4 Å². The fourth-order valence-electron chi connectivity index (χ4n) is 0.846. The molecule has 0 spiro atoms. The summed E-state index contributed by atoms with van der Waals surface area (Å²) in [7, 11) is 1.22. The smallest absolute Gasteiger partial charge is 0.322 e. The number of para-hydroxylation sites is 1. The maximum absolute atomic E-state index is 11.1. The van der Waals surface area contributed by atoms with Gasteiger partial charge in [0.2, 0.25) is 0 Å². The molecular formula is C10H10O4. The lowest BCUT2D eigenvalue weighted by molar-refractivity contribution is -0.148. The Hall–Kier alpha value is -1.84. The first-order chi connectivity index (χ1) is 6.72. The summed E-state index contributed by atoms with van der Waals surface area (Å²) >= 11 is 0. The van der Waals surface area contributed by atoms with Crippen LogP contribution in [0.5, 0.6) is 5.75 Å². The van der Waals surface area contributed by atoms with Crippen LogP contribution in [0.2, 0.25) is 0 Å². The van der Waals surface area contributed by atoms with Crippen LogP contribution in [-0.4, -0.2) is 19.0 Å². The van der Waals surface area contributed by atoms with E-state index < -0.39 is 11.9 Å². The molecule has 0 aliphatic rings. The third-order valence-electron chi connectivity index (χ3n) is 1.49. The van der Waals surface area contributed by atoms with Crippen molar-refractivity contribution in [3.8, 4) is 5.75 Å². The van der Waals surface area contributed by atoms with Gasteiger partial charge in [-0.1, -0.05) is 18.2 Å². The summed E-state index contributed by atoms with van der Waals surface area (Å²) in [6, 6.07) is 8.55. The number of carbonyl (C=O) groups is 2.